The Morgan fingerprint density at radius 3 is 2.57 bits per heavy atom. The number of azide groups is 1. The molecule has 1 heterocycles. The third-order valence-corrected chi connectivity index (χ3v) is 7.89. The lowest BCUT2D eigenvalue weighted by Gasteiger charge is -2.31. The molecule has 0 bridgehead atoms. The summed E-state index contributed by atoms with van der Waals surface area (Å²) in [6.45, 7) is 0.765. The number of hydrogen-bond donors (Lipinski definition) is 2. The summed E-state index contributed by atoms with van der Waals surface area (Å²) in [5, 5.41) is 16.5. The van der Waals surface area contributed by atoms with Gasteiger partial charge in [0.25, 0.3) is 5.91 Å². The lowest BCUT2D eigenvalue weighted by Crippen LogP contribution is -2.49. The second kappa shape index (κ2) is 15.3. The van der Waals surface area contributed by atoms with E-state index in [1.54, 1.807) is 31.4 Å². The number of rotatable bonds is 14. The maximum atomic E-state index is 14.6. The molecule has 4 aromatic rings. The van der Waals surface area contributed by atoms with E-state index in [1.807, 2.05) is 72.8 Å². The maximum Gasteiger partial charge on any atom is 0.252 e. The van der Waals surface area contributed by atoms with Crippen LogP contribution in [0, 0.1) is 0 Å². The first-order valence-corrected chi connectivity index (χ1v) is 15.2. The van der Waals surface area contributed by atoms with E-state index in [0.717, 1.165) is 16.7 Å². The van der Waals surface area contributed by atoms with Crippen LogP contribution in [-0.4, -0.2) is 42.8 Å². The number of ether oxygens (including phenoxy) is 3. The van der Waals surface area contributed by atoms with Gasteiger partial charge in [-0.15, -0.1) is 0 Å². The summed E-state index contributed by atoms with van der Waals surface area (Å²) in [5.41, 5.74) is 11.3. The number of nitrogens with zero attached hydrogens (tertiary/aromatic N) is 4. The fourth-order valence-electron chi connectivity index (χ4n) is 5.35. The molecule has 1 aliphatic rings. The first-order chi connectivity index (χ1) is 22.5. The third kappa shape index (κ3) is 7.61. The molecule has 4 aromatic carbocycles. The number of benzene rings is 4. The number of halogens is 1. The monoisotopic (exact) mass is 639 g/mol. The van der Waals surface area contributed by atoms with Crippen molar-refractivity contribution in [2.45, 2.75) is 37.6 Å². The molecule has 2 N–H and O–H groups in total. The van der Waals surface area contributed by atoms with Crippen molar-refractivity contribution in [2.75, 3.05) is 20.3 Å². The van der Waals surface area contributed by atoms with Gasteiger partial charge in [0.2, 0.25) is 5.90 Å². The van der Waals surface area contributed by atoms with Crippen LogP contribution < -0.4 is 14.8 Å². The first-order valence-electron chi connectivity index (χ1n) is 14.8. The van der Waals surface area contributed by atoms with Gasteiger partial charge in [-0.1, -0.05) is 65.2 Å². The minimum atomic E-state index is -1.47. The van der Waals surface area contributed by atoms with Gasteiger partial charge in [-0.05, 0) is 76.3 Å². The summed E-state index contributed by atoms with van der Waals surface area (Å²) in [7, 11) is 1.58. The van der Waals surface area contributed by atoms with Crippen LogP contribution in [0.15, 0.2) is 107 Å². The molecule has 0 unspecified atom stereocenters. The highest BCUT2D eigenvalue weighted by Gasteiger charge is 2.53. The number of nitrogens with one attached hydrogen (secondary N) is 1. The summed E-state index contributed by atoms with van der Waals surface area (Å²) in [4.78, 5) is 22.6. The van der Waals surface area contributed by atoms with Crippen molar-refractivity contribution in [3.63, 3.8) is 0 Å². The van der Waals surface area contributed by atoms with Crippen LogP contribution in [0.2, 0.25) is 5.02 Å². The summed E-state index contributed by atoms with van der Waals surface area (Å²) >= 11 is 6.23. The van der Waals surface area contributed by atoms with Crippen molar-refractivity contribution < 1.29 is 24.1 Å². The zero-order valence-corrected chi connectivity index (χ0v) is 26.1. The van der Waals surface area contributed by atoms with Gasteiger partial charge in [-0.2, -0.15) is 0 Å². The van der Waals surface area contributed by atoms with Gasteiger partial charge in [-0.3, -0.25) is 4.79 Å². The number of aliphatic hydroxyl groups is 1. The third-order valence-electron chi connectivity index (χ3n) is 7.65. The number of aliphatic imine (C=N–C) groups is 1. The van der Waals surface area contributed by atoms with E-state index in [9.17, 15) is 4.79 Å². The van der Waals surface area contributed by atoms with Crippen LogP contribution in [0.25, 0.3) is 10.4 Å². The van der Waals surface area contributed by atoms with Gasteiger partial charge in [0, 0.05) is 41.5 Å². The standard InChI is InChI=1S/C35H34ClN5O5/c1-44-31-12-5-10-26(20-31)32-35(21-27-8-2-3-9-28(27)23-39-41-37,34(43)38-22-24-7-4-11-29(36)19-24)40-33(46-32)25-13-15-30(16-14-25)45-18-6-17-42/h2-5,7-16,19-20,32,42H,6,17-18,21-23H2,1H3,(H,38,43)/t32-,35-/m1/s1. The van der Waals surface area contributed by atoms with Crippen LogP contribution in [0.3, 0.4) is 0 Å². The van der Waals surface area contributed by atoms with E-state index in [0.29, 0.717) is 46.6 Å². The quantitative estimate of drug-likeness (QED) is 0.0681. The molecular weight excluding hydrogens is 606 g/mol. The van der Waals surface area contributed by atoms with Crippen LogP contribution >= 0.6 is 11.6 Å². The fourth-order valence-corrected chi connectivity index (χ4v) is 5.56. The van der Waals surface area contributed by atoms with E-state index in [2.05, 4.69) is 15.3 Å². The lowest BCUT2D eigenvalue weighted by molar-refractivity contribution is -0.129. The van der Waals surface area contributed by atoms with Crippen LogP contribution in [-0.2, 0) is 29.0 Å². The topological polar surface area (TPSA) is 138 Å². The molecule has 0 saturated heterocycles. The van der Waals surface area contributed by atoms with E-state index in [1.165, 1.54) is 0 Å². The molecule has 46 heavy (non-hydrogen) atoms. The molecule has 0 spiro atoms. The zero-order valence-electron chi connectivity index (χ0n) is 25.3. The second-order valence-corrected chi connectivity index (χ2v) is 11.1. The van der Waals surface area contributed by atoms with E-state index >= 15 is 0 Å². The highest BCUT2D eigenvalue weighted by molar-refractivity contribution is 6.30. The van der Waals surface area contributed by atoms with Gasteiger partial charge in [0.05, 0.1) is 20.3 Å². The van der Waals surface area contributed by atoms with Gasteiger partial charge in [-0.25, -0.2) is 4.99 Å². The number of amides is 1. The van der Waals surface area contributed by atoms with Gasteiger partial charge >= 0.3 is 0 Å². The molecule has 2 atom stereocenters. The molecule has 11 heteroatoms. The molecule has 0 aromatic heterocycles. The van der Waals surface area contributed by atoms with Crippen molar-refractivity contribution in [3.05, 3.63) is 140 Å². The largest absolute Gasteiger partial charge is 0.497 e. The van der Waals surface area contributed by atoms with Crippen molar-refractivity contribution in [1.82, 2.24) is 5.32 Å². The smallest absolute Gasteiger partial charge is 0.252 e. The van der Waals surface area contributed by atoms with E-state index < -0.39 is 11.6 Å². The highest BCUT2D eigenvalue weighted by atomic mass is 35.5. The van der Waals surface area contributed by atoms with Gasteiger partial charge in [0.1, 0.15) is 11.5 Å². The summed E-state index contributed by atoms with van der Waals surface area (Å²) < 4.78 is 17.9. The molecule has 10 nitrogen and oxygen atoms in total. The normalized spacial score (nSPS) is 16.9. The number of carbonyl (C=O) groups is 1. The molecule has 0 aliphatic carbocycles. The predicted molar refractivity (Wildman–Crippen MR) is 176 cm³/mol. The Balaban J connectivity index is 1.61. The van der Waals surface area contributed by atoms with E-state index in [4.69, 9.17) is 41.4 Å². The summed E-state index contributed by atoms with van der Waals surface area (Å²) in [5.74, 6) is 1.19. The summed E-state index contributed by atoms with van der Waals surface area (Å²) in [6.07, 6.45) is -0.169. The fraction of sp³-hybridized carbons (Fsp3) is 0.257. The van der Waals surface area contributed by atoms with Crippen molar-refractivity contribution in [3.8, 4) is 11.5 Å². The molecule has 0 saturated carbocycles. The molecule has 0 radical (unpaired) electrons. The van der Waals surface area contributed by atoms with E-state index in [-0.39, 0.29) is 32.0 Å². The molecule has 1 amide bonds. The molecule has 0 fully saturated rings. The van der Waals surface area contributed by atoms with Crippen molar-refractivity contribution >= 4 is 23.4 Å². The Labute approximate surface area is 272 Å². The zero-order chi connectivity index (χ0) is 32.4. The number of carbonyl (C=O) groups excluding carboxylic acids is 1. The number of hydrogen-bond acceptors (Lipinski definition) is 7. The van der Waals surface area contributed by atoms with Crippen LogP contribution in [0.4, 0.5) is 0 Å². The summed E-state index contributed by atoms with van der Waals surface area (Å²) in [6, 6.07) is 29.5. The number of aliphatic hydroxyl groups excluding tert-OH is 1. The Kier molecular flexibility index (Phi) is 10.8. The average Bonchev–Trinajstić information content (AvgIpc) is 3.47. The maximum absolute atomic E-state index is 14.6. The molecular formula is C35H34ClN5O5. The second-order valence-electron chi connectivity index (χ2n) is 10.7. The highest BCUT2D eigenvalue weighted by Crippen LogP contribution is 2.43. The Morgan fingerprint density at radius 2 is 1.83 bits per heavy atom. The minimum Gasteiger partial charge on any atom is -0.497 e. The predicted octanol–water partition coefficient (Wildman–Crippen LogP) is 6.74. The Bertz CT molecular complexity index is 1740. The lowest BCUT2D eigenvalue weighted by atomic mass is 9.80. The molecule has 236 valence electrons. The van der Waals surface area contributed by atoms with Crippen LogP contribution in [0.1, 0.15) is 40.3 Å². The average molecular weight is 640 g/mol. The van der Waals surface area contributed by atoms with Gasteiger partial charge < -0.3 is 24.6 Å². The van der Waals surface area contributed by atoms with Crippen molar-refractivity contribution in [1.29, 1.82) is 0 Å². The molecule has 5 rings (SSSR count). The first kappa shape index (κ1) is 32.4. The van der Waals surface area contributed by atoms with Crippen molar-refractivity contribution in [2.24, 2.45) is 10.1 Å². The Morgan fingerprint density at radius 1 is 1.04 bits per heavy atom. The number of methoxy groups -OCH3 is 1. The minimum absolute atomic E-state index is 0.0435. The molecule has 1 aliphatic heterocycles. The van der Waals surface area contributed by atoms with Gasteiger partial charge in [0.15, 0.2) is 11.6 Å². The Hall–Kier alpha value is -5.02. The SMILES string of the molecule is COc1cccc([C@H]2OC(c3ccc(OCCCO)cc3)=N[C@@]2(Cc2ccccc2CN=[N+]=[N-])C(=O)NCc2cccc(Cl)c2)c1. The van der Waals surface area contributed by atoms with Crippen LogP contribution in [0.5, 0.6) is 11.5 Å².